The third-order valence-corrected chi connectivity index (χ3v) is 3.57. The molecule has 1 aliphatic rings. The van der Waals surface area contributed by atoms with Gasteiger partial charge in [-0.3, -0.25) is 9.59 Å². The molecule has 0 saturated carbocycles. The molecule has 0 aromatic heterocycles. The zero-order valence-corrected chi connectivity index (χ0v) is 12.5. The van der Waals surface area contributed by atoms with Gasteiger partial charge in [0.1, 0.15) is 5.75 Å². The Hall–Kier alpha value is -2.04. The summed E-state index contributed by atoms with van der Waals surface area (Å²) < 4.78 is 10.3. The second-order valence-electron chi connectivity index (χ2n) is 5.12. The monoisotopic (exact) mass is 291 g/mol. The fourth-order valence-corrected chi connectivity index (χ4v) is 2.34. The number of methoxy groups -OCH3 is 1. The first kappa shape index (κ1) is 15.4. The van der Waals surface area contributed by atoms with Crippen molar-refractivity contribution in [2.24, 2.45) is 5.92 Å². The molecule has 0 N–H and O–H groups in total. The number of anilines is 1. The van der Waals surface area contributed by atoms with Crippen molar-refractivity contribution in [3.05, 3.63) is 24.3 Å². The van der Waals surface area contributed by atoms with E-state index in [1.807, 2.05) is 24.3 Å². The molecule has 1 atom stereocenters. The van der Waals surface area contributed by atoms with Crippen LogP contribution in [0, 0.1) is 5.92 Å². The molecule has 1 saturated heterocycles. The molecule has 1 heterocycles. The molecule has 1 fully saturated rings. The van der Waals surface area contributed by atoms with Crippen molar-refractivity contribution < 1.29 is 19.1 Å². The molecular weight excluding hydrogens is 270 g/mol. The van der Waals surface area contributed by atoms with Gasteiger partial charge in [0.05, 0.1) is 19.6 Å². The molecule has 114 valence electrons. The van der Waals surface area contributed by atoms with E-state index in [1.54, 1.807) is 4.90 Å². The van der Waals surface area contributed by atoms with Gasteiger partial charge in [-0.2, -0.15) is 0 Å². The van der Waals surface area contributed by atoms with E-state index in [-0.39, 0.29) is 24.2 Å². The van der Waals surface area contributed by atoms with E-state index in [2.05, 4.69) is 6.92 Å². The van der Waals surface area contributed by atoms with Gasteiger partial charge in [0.25, 0.3) is 0 Å². The van der Waals surface area contributed by atoms with Crippen molar-refractivity contribution in [1.82, 2.24) is 0 Å². The number of unbranched alkanes of at least 4 members (excludes halogenated alkanes) is 1. The SMILES string of the molecule is CCCCOc1ccc(N2C[C@H](C(=O)OC)CC2=O)cc1. The summed E-state index contributed by atoms with van der Waals surface area (Å²) in [5, 5.41) is 0. The number of nitrogens with zero attached hydrogens (tertiary/aromatic N) is 1. The molecule has 1 amide bonds. The Morgan fingerprint density at radius 1 is 1.33 bits per heavy atom. The van der Waals surface area contributed by atoms with Gasteiger partial charge in [0.15, 0.2) is 0 Å². The zero-order valence-electron chi connectivity index (χ0n) is 12.5. The number of rotatable bonds is 6. The number of ether oxygens (including phenoxy) is 2. The molecule has 2 rings (SSSR count). The lowest BCUT2D eigenvalue weighted by Crippen LogP contribution is -2.26. The number of esters is 1. The van der Waals surface area contributed by atoms with Crippen molar-refractivity contribution in [2.45, 2.75) is 26.2 Å². The van der Waals surface area contributed by atoms with Crippen LogP contribution in [0.3, 0.4) is 0 Å². The van der Waals surface area contributed by atoms with Gasteiger partial charge in [-0.25, -0.2) is 0 Å². The molecular formula is C16H21NO4. The van der Waals surface area contributed by atoms with Crippen LogP contribution in [0.5, 0.6) is 5.75 Å². The van der Waals surface area contributed by atoms with Crippen LogP contribution in [-0.4, -0.2) is 32.1 Å². The second-order valence-corrected chi connectivity index (χ2v) is 5.12. The maximum Gasteiger partial charge on any atom is 0.311 e. The van der Waals surface area contributed by atoms with Crippen LogP contribution in [0.1, 0.15) is 26.2 Å². The molecule has 1 aromatic rings. The minimum absolute atomic E-state index is 0.0509. The minimum Gasteiger partial charge on any atom is -0.494 e. The van der Waals surface area contributed by atoms with Gasteiger partial charge in [-0.15, -0.1) is 0 Å². The summed E-state index contributed by atoms with van der Waals surface area (Å²) in [5.41, 5.74) is 0.786. The molecule has 0 unspecified atom stereocenters. The average molecular weight is 291 g/mol. The Morgan fingerprint density at radius 3 is 2.67 bits per heavy atom. The summed E-state index contributed by atoms with van der Waals surface area (Å²) in [5.74, 6) is 0.0433. The molecule has 5 heteroatoms. The number of amides is 1. The first-order valence-electron chi connectivity index (χ1n) is 7.26. The third-order valence-electron chi connectivity index (χ3n) is 3.57. The molecule has 0 radical (unpaired) electrons. The highest BCUT2D eigenvalue weighted by atomic mass is 16.5. The van der Waals surface area contributed by atoms with Gasteiger partial charge in [0, 0.05) is 18.7 Å². The summed E-state index contributed by atoms with van der Waals surface area (Å²) in [6.07, 6.45) is 2.32. The highest BCUT2D eigenvalue weighted by molar-refractivity contribution is 5.99. The number of hydrogen-bond donors (Lipinski definition) is 0. The quantitative estimate of drug-likeness (QED) is 0.596. The first-order valence-corrected chi connectivity index (χ1v) is 7.26. The second kappa shape index (κ2) is 7.11. The predicted octanol–water partition coefficient (Wildman–Crippen LogP) is 2.39. The fourth-order valence-electron chi connectivity index (χ4n) is 2.34. The topological polar surface area (TPSA) is 55.8 Å². The van der Waals surface area contributed by atoms with Gasteiger partial charge in [0.2, 0.25) is 5.91 Å². The van der Waals surface area contributed by atoms with E-state index in [4.69, 9.17) is 9.47 Å². The number of benzene rings is 1. The Labute approximate surface area is 124 Å². The molecule has 1 aromatic carbocycles. The zero-order chi connectivity index (χ0) is 15.2. The van der Waals surface area contributed by atoms with Crippen molar-refractivity contribution >= 4 is 17.6 Å². The summed E-state index contributed by atoms with van der Waals surface area (Å²) >= 11 is 0. The smallest absolute Gasteiger partial charge is 0.311 e. The lowest BCUT2D eigenvalue weighted by molar-refractivity contribution is -0.145. The van der Waals surface area contributed by atoms with Crippen LogP contribution < -0.4 is 9.64 Å². The van der Waals surface area contributed by atoms with Gasteiger partial charge >= 0.3 is 5.97 Å². The molecule has 0 aliphatic carbocycles. The van der Waals surface area contributed by atoms with Crippen LogP contribution >= 0.6 is 0 Å². The Morgan fingerprint density at radius 2 is 2.05 bits per heavy atom. The Kier molecular flexibility index (Phi) is 5.20. The lowest BCUT2D eigenvalue weighted by Gasteiger charge is -2.17. The highest BCUT2D eigenvalue weighted by Gasteiger charge is 2.35. The Bertz CT molecular complexity index is 498. The molecule has 0 spiro atoms. The van der Waals surface area contributed by atoms with Crippen molar-refractivity contribution in [2.75, 3.05) is 25.2 Å². The minimum atomic E-state index is -0.372. The van der Waals surface area contributed by atoms with Crippen LogP contribution in [0.15, 0.2) is 24.3 Å². The van der Waals surface area contributed by atoms with Crippen LogP contribution in [0.2, 0.25) is 0 Å². The van der Waals surface area contributed by atoms with E-state index >= 15 is 0 Å². The summed E-state index contributed by atoms with van der Waals surface area (Å²) in [7, 11) is 1.35. The van der Waals surface area contributed by atoms with E-state index in [0.717, 1.165) is 24.3 Å². The number of carbonyl (C=O) groups excluding carboxylic acids is 2. The summed E-state index contributed by atoms with van der Waals surface area (Å²) in [6.45, 7) is 3.19. The van der Waals surface area contributed by atoms with Crippen LogP contribution in [-0.2, 0) is 14.3 Å². The van der Waals surface area contributed by atoms with E-state index in [9.17, 15) is 9.59 Å². The van der Waals surface area contributed by atoms with E-state index in [1.165, 1.54) is 7.11 Å². The Balaban J connectivity index is 1.98. The summed E-state index contributed by atoms with van der Waals surface area (Å²) in [4.78, 5) is 25.1. The summed E-state index contributed by atoms with van der Waals surface area (Å²) in [6, 6.07) is 7.39. The number of hydrogen-bond acceptors (Lipinski definition) is 4. The van der Waals surface area contributed by atoms with Gasteiger partial charge in [-0.1, -0.05) is 13.3 Å². The normalized spacial score (nSPS) is 17.9. The fraction of sp³-hybridized carbons (Fsp3) is 0.500. The van der Waals surface area contributed by atoms with Crippen molar-refractivity contribution in [1.29, 1.82) is 0 Å². The maximum absolute atomic E-state index is 12.0. The van der Waals surface area contributed by atoms with E-state index in [0.29, 0.717) is 13.2 Å². The van der Waals surface area contributed by atoms with Gasteiger partial charge < -0.3 is 14.4 Å². The largest absolute Gasteiger partial charge is 0.494 e. The van der Waals surface area contributed by atoms with Crippen molar-refractivity contribution in [3.8, 4) is 5.75 Å². The van der Waals surface area contributed by atoms with Gasteiger partial charge in [-0.05, 0) is 30.7 Å². The van der Waals surface area contributed by atoms with Crippen molar-refractivity contribution in [3.63, 3.8) is 0 Å². The van der Waals surface area contributed by atoms with Crippen LogP contribution in [0.4, 0.5) is 5.69 Å². The van der Waals surface area contributed by atoms with E-state index < -0.39 is 0 Å². The molecule has 21 heavy (non-hydrogen) atoms. The predicted molar refractivity (Wildman–Crippen MR) is 79.3 cm³/mol. The standard InChI is InChI=1S/C16H21NO4/c1-3-4-9-21-14-7-5-13(6-8-14)17-11-12(10-15(17)18)16(19)20-2/h5-8,12H,3-4,9-11H2,1-2H3/t12-/m1/s1. The molecule has 5 nitrogen and oxygen atoms in total. The highest BCUT2D eigenvalue weighted by Crippen LogP contribution is 2.27. The molecule has 1 aliphatic heterocycles. The van der Waals surface area contributed by atoms with Crippen LogP contribution in [0.25, 0.3) is 0 Å². The third kappa shape index (κ3) is 3.74. The average Bonchev–Trinajstić information content (AvgIpc) is 2.89. The maximum atomic E-state index is 12.0. The number of carbonyl (C=O) groups is 2. The lowest BCUT2D eigenvalue weighted by atomic mass is 10.1. The first-order chi connectivity index (χ1) is 10.2. The molecule has 0 bridgehead atoms.